The molecule has 0 aromatic heterocycles. The van der Waals surface area contributed by atoms with Crippen molar-refractivity contribution < 1.29 is 24.1 Å². The minimum atomic E-state index is 0.203. The van der Waals surface area contributed by atoms with Crippen LogP contribution in [0.4, 0.5) is 0 Å². The van der Waals surface area contributed by atoms with Crippen molar-refractivity contribution in [1.29, 1.82) is 0 Å². The zero-order valence-corrected chi connectivity index (χ0v) is 17.2. The minimum Gasteiger partial charge on any atom is -0.504 e. The molecule has 28 heavy (non-hydrogen) atoms. The molecule has 0 saturated carbocycles. The number of nitrogens with zero attached hydrogens (tertiary/aromatic N) is 1. The van der Waals surface area contributed by atoms with Crippen molar-refractivity contribution in [3.63, 3.8) is 0 Å². The summed E-state index contributed by atoms with van der Waals surface area (Å²) in [6.07, 6.45) is 1.92. The van der Waals surface area contributed by atoms with Crippen LogP contribution in [0.1, 0.15) is 30.0 Å². The fraction of sp³-hybridized carbons (Fsp3) is 0.455. The normalized spacial score (nSPS) is 16.4. The van der Waals surface area contributed by atoms with E-state index >= 15 is 0 Å². The lowest BCUT2D eigenvalue weighted by Gasteiger charge is -2.37. The number of methoxy groups -OCH3 is 4. The number of hydrogen-bond donors (Lipinski definition) is 1. The average Bonchev–Trinajstić information content (AvgIpc) is 2.72. The van der Waals surface area contributed by atoms with E-state index in [9.17, 15) is 5.11 Å². The zero-order valence-electron chi connectivity index (χ0n) is 17.2. The monoisotopic (exact) mass is 387 g/mol. The molecular formula is C22H29NO5. The standard InChI is InChI=1S/C22H29NO5/c1-6-17-9-15-10-18(24)19(25-2)11-16(15)13-23(17)12-14-7-20(26-3)22(28-5)21(8-14)27-4/h7-8,10-11,17,24H,6,9,12-13H2,1-5H3. The molecule has 0 aliphatic carbocycles. The molecule has 0 bridgehead atoms. The van der Waals surface area contributed by atoms with Crippen LogP contribution in [0.5, 0.6) is 28.7 Å². The quantitative estimate of drug-likeness (QED) is 0.781. The van der Waals surface area contributed by atoms with Gasteiger partial charge in [-0.1, -0.05) is 6.92 Å². The summed E-state index contributed by atoms with van der Waals surface area (Å²) in [5.41, 5.74) is 3.47. The predicted molar refractivity (Wildman–Crippen MR) is 108 cm³/mol. The van der Waals surface area contributed by atoms with Gasteiger partial charge < -0.3 is 24.1 Å². The summed E-state index contributed by atoms with van der Waals surface area (Å²) in [6, 6.07) is 8.17. The van der Waals surface area contributed by atoms with E-state index in [1.165, 1.54) is 11.1 Å². The predicted octanol–water partition coefficient (Wildman–Crippen LogP) is 3.76. The van der Waals surface area contributed by atoms with Crippen LogP contribution in [0.2, 0.25) is 0 Å². The van der Waals surface area contributed by atoms with Crippen molar-refractivity contribution >= 4 is 0 Å². The van der Waals surface area contributed by atoms with Gasteiger partial charge in [-0.3, -0.25) is 4.90 Å². The molecule has 0 fully saturated rings. The molecule has 3 rings (SSSR count). The Kier molecular flexibility index (Phi) is 6.19. The number of ether oxygens (including phenoxy) is 4. The highest BCUT2D eigenvalue weighted by molar-refractivity contribution is 5.54. The molecule has 1 unspecified atom stereocenters. The summed E-state index contributed by atoms with van der Waals surface area (Å²) in [5, 5.41) is 10.1. The lowest BCUT2D eigenvalue weighted by molar-refractivity contribution is 0.157. The van der Waals surface area contributed by atoms with Crippen LogP contribution in [-0.2, 0) is 19.5 Å². The number of fused-ring (bicyclic) bond motifs is 1. The number of aromatic hydroxyl groups is 1. The van der Waals surface area contributed by atoms with E-state index < -0.39 is 0 Å². The number of rotatable bonds is 7. The molecule has 0 amide bonds. The fourth-order valence-corrected chi connectivity index (χ4v) is 3.93. The van der Waals surface area contributed by atoms with E-state index in [1.54, 1.807) is 28.4 Å². The van der Waals surface area contributed by atoms with E-state index in [4.69, 9.17) is 18.9 Å². The van der Waals surface area contributed by atoms with E-state index in [0.29, 0.717) is 29.0 Å². The van der Waals surface area contributed by atoms with Gasteiger partial charge in [-0.15, -0.1) is 0 Å². The second kappa shape index (κ2) is 8.61. The highest BCUT2D eigenvalue weighted by atomic mass is 16.5. The van der Waals surface area contributed by atoms with Gasteiger partial charge in [0.1, 0.15) is 0 Å². The van der Waals surface area contributed by atoms with Crippen molar-refractivity contribution in [2.45, 2.75) is 38.9 Å². The Hall–Kier alpha value is -2.60. The molecule has 1 aliphatic rings. The third kappa shape index (κ3) is 3.83. The molecule has 1 atom stereocenters. The fourth-order valence-electron chi connectivity index (χ4n) is 3.93. The maximum atomic E-state index is 10.1. The van der Waals surface area contributed by atoms with Crippen LogP contribution >= 0.6 is 0 Å². The summed E-state index contributed by atoms with van der Waals surface area (Å²) in [6.45, 7) is 3.75. The van der Waals surface area contributed by atoms with Gasteiger partial charge in [-0.25, -0.2) is 0 Å². The maximum Gasteiger partial charge on any atom is 0.203 e. The molecule has 2 aromatic carbocycles. The first-order valence-corrected chi connectivity index (χ1v) is 9.46. The molecule has 152 valence electrons. The lowest BCUT2D eigenvalue weighted by atomic mass is 9.91. The third-order valence-corrected chi connectivity index (χ3v) is 5.43. The van der Waals surface area contributed by atoms with Crippen molar-refractivity contribution in [3.8, 4) is 28.7 Å². The number of phenols is 1. The highest BCUT2D eigenvalue weighted by Gasteiger charge is 2.27. The Bertz CT molecular complexity index is 811. The van der Waals surface area contributed by atoms with Crippen LogP contribution in [0.3, 0.4) is 0 Å². The van der Waals surface area contributed by atoms with Gasteiger partial charge in [-0.05, 0) is 53.8 Å². The van der Waals surface area contributed by atoms with Crippen molar-refractivity contribution in [2.24, 2.45) is 0 Å². The first-order valence-electron chi connectivity index (χ1n) is 9.46. The molecule has 6 heteroatoms. The van der Waals surface area contributed by atoms with Crippen LogP contribution in [0.15, 0.2) is 24.3 Å². The largest absolute Gasteiger partial charge is 0.504 e. The zero-order chi connectivity index (χ0) is 20.3. The van der Waals surface area contributed by atoms with Gasteiger partial charge in [0.05, 0.1) is 28.4 Å². The summed E-state index contributed by atoms with van der Waals surface area (Å²) >= 11 is 0. The molecule has 2 aromatic rings. The summed E-state index contributed by atoms with van der Waals surface area (Å²) in [5.74, 6) is 2.64. The lowest BCUT2D eigenvalue weighted by Crippen LogP contribution is -2.39. The molecule has 1 heterocycles. The van der Waals surface area contributed by atoms with Gasteiger partial charge in [0.25, 0.3) is 0 Å². The minimum absolute atomic E-state index is 0.203. The van der Waals surface area contributed by atoms with Crippen molar-refractivity contribution in [2.75, 3.05) is 28.4 Å². The molecular weight excluding hydrogens is 358 g/mol. The first-order chi connectivity index (χ1) is 13.5. The number of hydrogen-bond acceptors (Lipinski definition) is 6. The number of phenolic OH excluding ortho intramolecular Hbond substituents is 1. The highest BCUT2D eigenvalue weighted by Crippen LogP contribution is 2.40. The molecule has 0 radical (unpaired) electrons. The maximum absolute atomic E-state index is 10.1. The molecule has 6 nitrogen and oxygen atoms in total. The summed E-state index contributed by atoms with van der Waals surface area (Å²) in [4.78, 5) is 2.44. The molecule has 1 N–H and O–H groups in total. The van der Waals surface area contributed by atoms with Crippen LogP contribution in [-0.4, -0.2) is 44.5 Å². The van der Waals surface area contributed by atoms with Crippen LogP contribution < -0.4 is 18.9 Å². The summed E-state index contributed by atoms with van der Waals surface area (Å²) < 4.78 is 21.7. The Morgan fingerprint density at radius 1 is 0.893 bits per heavy atom. The second-order valence-corrected chi connectivity index (χ2v) is 7.00. The summed E-state index contributed by atoms with van der Waals surface area (Å²) in [7, 11) is 6.45. The Labute approximate surface area is 166 Å². The van der Waals surface area contributed by atoms with E-state index in [1.807, 2.05) is 24.3 Å². The molecule has 1 aliphatic heterocycles. The van der Waals surface area contributed by atoms with Crippen LogP contribution in [0.25, 0.3) is 0 Å². The van der Waals surface area contributed by atoms with Crippen molar-refractivity contribution in [3.05, 3.63) is 41.0 Å². The Morgan fingerprint density at radius 2 is 1.54 bits per heavy atom. The van der Waals surface area contributed by atoms with Crippen molar-refractivity contribution in [1.82, 2.24) is 4.90 Å². The van der Waals surface area contributed by atoms with Gasteiger partial charge in [0.2, 0.25) is 5.75 Å². The molecule has 0 spiro atoms. The number of benzene rings is 2. The first kappa shape index (κ1) is 20.1. The van der Waals surface area contributed by atoms with Crippen LogP contribution in [0, 0.1) is 0 Å². The Morgan fingerprint density at radius 3 is 2.07 bits per heavy atom. The second-order valence-electron chi connectivity index (χ2n) is 7.00. The smallest absolute Gasteiger partial charge is 0.203 e. The van der Waals surface area contributed by atoms with Gasteiger partial charge in [0, 0.05) is 19.1 Å². The molecule has 0 saturated heterocycles. The van der Waals surface area contributed by atoms with Gasteiger partial charge >= 0.3 is 0 Å². The third-order valence-electron chi connectivity index (χ3n) is 5.43. The SMILES string of the molecule is CCC1Cc2cc(O)c(OC)cc2CN1Cc1cc(OC)c(OC)c(OC)c1. The van der Waals surface area contributed by atoms with E-state index in [-0.39, 0.29) is 5.75 Å². The average molecular weight is 387 g/mol. The van der Waals surface area contributed by atoms with E-state index in [0.717, 1.165) is 31.5 Å². The Balaban J connectivity index is 1.91. The van der Waals surface area contributed by atoms with Gasteiger partial charge in [0.15, 0.2) is 23.0 Å². The topological polar surface area (TPSA) is 60.4 Å². The van der Waals surface area contributed by atoms with Gasteiger partial charge in [-0.2, -0.15) is 0 Å². The van der Waals surface area contributed by atoms with E-state index in [2.05, 4.69) is 11.8 Å².